The fraction of sp³-hybridized carbons (Fsp3) is 0.250. The second-order valence-corrected chi connectivity index (χ2v) is 2.97. The zero-order valence-electron chi connectivity index (χ0n) is 7.40. The zero-order valence-corrected chi connectivity index (χ0v) is 8.15. The zero-order chi connectivity index (χ0) is 10.7. The van der Waals surface area contributed by atoms with E-state index in [9.17, 15) is 4.79 Å². The molecular weight excluding hydrogens is 208 g/mol. The number of aliphatic carboxylic acids is 1. The lowest BCUT2D eigenvalue weighted by Gasteiger charge is -2.08. The number of nitrogens with two attached hydrogens (primary N) is 1. The molecule has 6 heteroatoms. The van der Waals surface area contributed by atoms with Crippen LogP contribution in [0.1, 0.15) is 11.6 Å². The van der Waals surface area contributed by atoms with E-state index in [0.717, 1.165) is 0 Å². The number of pyridine rings is 1. The fourth-order valence-electron chi connectivity index (χ4n) is 0.918. The Morgan fingerprint density at radius 2 is 2.36 bits per heavy atom. The molecule has 1 aromatic heterocycles. The van der Waals surface area contributed by atoms with Crippen molar-refractivity contribution in [1.29, 1.82) is 0 Å². The Labute approximate surface area is 85.5 Å². The molecule has 1 aromatic rings. The van der Waals surface area contributed by atoms with Crippen LogP contribution in [0.25, 0.3) is 0 Å². The minimum atomic E-state index is -1.13. The van der Waals surface area contributed by atoms with Crippen LogP contribution >= 0.6 is 11.6 Å². The average Bonchev–Trinajstić information content (AvgIpc) is 2.15. The number of aromatic nitrogens is 1. The van der Waals surface area contributed by atoms with Crippen LogP contribution in [0.3, 0.4) is 0 Å². The Morgan fingerprint density at radius 1 is 1.71 bits per heavy atom. The Hall–Kier alpha value is -1.33. The lowest BCUT2D eigenvalue weighted by atomic mass is 10.1. The molecule has 1 rings (SSSR count). The lowest BCUT2D eigenvalue weighted by Crippen LogP contribution is -2.20. The molecule has 0 bridgehead atoms. The van der Waals surface area contributed by atoms with E-state index in [-0.39, 0.29) is 11.0 Å². The maximum Gasteiger partial charge on any atom is 0.325 e. The van der Waals surface area contributed by atoms with Gasteiger partial charge in [-0.15, -0.1) is 0 Å². The number of hydrogen-bond acceptors (Lipinski definition) is 4. The minimum absolute atomic E-state index is 0.149. The molecule has 0 fully saturated rings. The summed E-state index contributed by atoms with van der Waals surface area (Å²) in [4.78, 5) is 14.4. The summed E-state index contributed by atoms with van der Waals surface area (Å²) in [5.74, 6) is -0.890. The van der Waals surface area contributed by atoms with Crippen molar-refractivity contribution in [2.24, 2.45) is 5.73 Å². The Morgan fingerprint density at radius 3 is 2.86 bits per heavy atom. The predicted octanol–water partition coefficient (Wildman–Crippen LogP) is 0.828. The van der Waals surface area contributed by atoms with Gasteiger partial charge in [0, 0.05) is 6.07 Å². The Bertz CT molecular complexity index is 356. The van der Waals surface area contributed by atoms with Gasteiger partial charge in [0.1, 0.15) is 11.2 Å². The van der Waals surface area contributed by atoms with Gasteiger partial charge in [0.05, 0.1) is 7.11 Å². The standard InChI is InChI=1S/C8H9ClN2O3/c1-14-6-3-4(2-5(9)11-6)7(10)8(12)13/h2-3,7H,10H2,1H3,(H,12,13). The summed E-state index contributed by atoms with van der Waals surface area (Å²) >= 11 is 5.64. The van der Waals surface area contributed by atoms with Crippen molar-refractivity contribution in [3.63, 3.8) is 0 Å². The molecule has 0 aliphatic carbocycles. The third-order valence-corrected chi connectivity index (χ3v) is 1.82. The Balaban J connectivity index is 3.08. The van der Waals surface area contributed by atoms with Crippen LogP contribution in [0, 0.1) is 0 Å². The molecular formula is C8H9ClN2O3. The van der Waals surface area contributed by atoms with Gasteiger partial charge in [-0.2, -0.15) is 0 Å². The van der Waals surface area contributed by atoms with Gasteiger partial charge in [0.2, 0.25) is 5.88 Å². The first kappa shape index (κ1) is 10.7. The SMILES string of the molecule is COc1cc(C(N)C(=O)O)cc(Cl)n1. The minimum Gasteiger partial charge on any atom is -0.481 e. The van der Waals surface area contributed by atoms with Crippen molar-refractivity contribution in [2.45, 2.75) is 6.04 Å². The second-order valence-electron chi connectivity index (χ2n) is 2.58. The highest BCUT2D eigenvalue weighted by atomic mass is 35.5. The molecule has 14 heavy (non-hydrogen) atoms. The number of methoxy groups -OCH3 is 1. The molecule has 0 aliphatic rings. The molecule has 0 aliphatic heterocycles. The van der Waals surface area contributed by atoms with Crippen molar-refractivity contribution in [3.05, 3.63) is 22.8 Å². The molecule has 0 saturated carbocycles. The number of hydrogen-bond donors (Lipinski definition) is 2. The summed E-state index contributed by atoms with van der Waals surface area (Å²) in [6.07, 6.45) is 0. The number of carbonyl (C=O) groups is 1. The Kier molecular flexibility index (Phi) is 3.27. The smallest absolute Gasteiger partial charge is 0.325 e. The maximum absolute atomic E-state index is 10.6. The van der Waals surface area contributed by atoms with Crippen LogP contribution in [-0.4, -0.2) is 23.2 Å². The molecule has 1 atom stereocenters. The topological polar surface area (TPSA) is 85.4 Å². The second kappa shape index (κ2) is 4.26. The van der Waals surface area contributed by atoms with Gasteiger partial charge in [-0.1, -0.05) is 11.6 Å². The van der Waals surface area contributed by atoms with Crippen LogP contribution in [0.5, 0.6) is 5.88 Å². The molecule has 1 unspecified atom stereocenters. The van der Waals surface area contributed by atoms with Gasteiger partial charge in [-0.3, -0.25) is 4.79 Å². The van der Waals surface area contributed by atoms with E-state index in [1.807, 2.05) is 0 Å². The first-order chi connectivity index (χ1) is 6.54. The summed E-state index contributed by atoms with van der Waals surface area (Å²) in [5, 5.41) is 8.81. The van der Waals surface area contributed by atoms with E-state index in [0.29, 0.717) is 5.56 Å². The summed E-state index contributed by atoms with van der Waals surface area (Å²) in [5.41, 5.74) is 5.74. The number of rotatable bonds is 3. The molecule has 1 heterocycles. The van der Waals surface area contributed by atoms with Gasteiger partial charge < -0.3 is 15.6 Å². The lowest BCUT2D eigenvalue weighted by molar-refractivity contribution is -0.138. The molecule has 0 amide bonds. The molecule has 0 spiro atoms. The van der Waals surface area contributed by atoms with Crippen LogP contribution in [0.15, 0.2) is 12.1 Å². The number of nitrogens with zero attached hydrogens (tertiary/aromatic N) is 1. The molecule has 0 aromatic carbocycles. The third kappa shape index (κ3) is 2.34. The van der Waals surface area contributed by atoms with E-state index in [1.165, 1.54) is 19.2 Å². The largest absolute Gasteiger partial charge is 0.481 e. The summed E-state index contributed by atoms with van der Waals surface area (Å²) in [6, 6.07) is 1.71. The highest BCUT2D eigenvalue weighted by molar-refractivity contribution is 6.29. The normalized spacial score (nSPS) is 12.2. The van der Waals surface area contributed by atoms with Crippen molar-refractivity contribution >= 4 is 17.6 Å². The van der Waals surface area contributed by atoms with E-state index < -0.39 is 12.0 Å². The van der Waals surface area contributed by atoms with Gasteiger partial charge in [0.25, 0.3) is 0 Å². The van der Waals surface area contributed by atoms with Crippen LogP contribution in [-0.2, 0) is 4.79 Å². The number of carboxylic acid groups (broad SMARTS) is 1. The molecule has 5 nitrogen and oxygen atoms in total. The fourth-order valence-corrected chi connectivity index (χ4v) is 1.13. The number of halogens is 1. The van der Waals surface area contributed by atoms with Crippen molar-refractivity contribution in [1.82, 2.24) is 4.98 Å². The quantitative estimate of drug-likeness (QED) is 0.731. The van der Waals surface area contributed by atoms with Crippen LogP contribution in [0.2, 0.25) is 5.15 Å². The third-order valence-electron chi connectivity index (χ3n) is 1.63. The first-order valence-corrected chi connectivity index (χ1v) is 4.12. The van der Waals surface area contributed by atoms with E-state index >= 15 is 0 Å². The molecule has 3 N–H and O–H groups in total. The van der Waals surface area contributed by atoms with Gasteiger partial charge in [-0.05, 0) is 11.6 Å². The van der Waals surface area contributed by atoms with Crippen molar-refractivity contribution in [3.8, 4) is 5.88 Å². The van der Waals surface area contributed by atoms with Crippen molar-refractivity contribution in [2.75, 3.05) is 7.11 Å². The molecule has 0 saturated heterocycles. The van der Waals surface area contributed by atoms with Gasteiger partial charge in [-0.25, -0.2) is 4.98 Å². The number of carboxylic acids is 1. The van der Waals surface area contributed by atoms with Gasteiger partial charge in [0.15, 0.2) is 0 Å². The maximum atomic E-state index is 10.6. The van der Waals surface area contributed by atoms with E-state index in [2.05, 4.69) is 4.98 Å². The summed E-state index contributed by atoms with van der Waals surface area (Å²) in [6.45, 7) is 0. The van der Waals surface area contributed by atoms with E-state index in [1.54, 1.807) is 0 Å². The van der Waals surface area contributed by atoms with Crippen LogP contribution in [0.4, 0.5) is 0 Å². The predicted molar refractivity (Wildman–Crippen MR) is 50.4 cm³/mol. The van der Waals surface area contributed by atoms with Crippen LogP contribution < -0.4 is 10.5 Å². The van der Waals surface area contributed by atoms with Gasteiger partial charge >= 0.3 is 5.97 Å². The molecule has 0 radical (unpaired) electrons. The van der Waals surface area contributed by atoms with Crippen molar-refractivity contribution < 1.29 is 14.6 Å². The summed E-state index contributed by atoms with van der Waals surface area (Å²) < 4.78 is 4.82. The average molecular weight is 217 g/mol. The van der Waals surface area contributed by atoms with E-state index in [4.69, 9.17) is 27.2 Å². The number of ether oxygens (including phenoxy) is 1. The first-order valence-electron chi connectivity index (χ1n) is 3.74. The monoisotopic (exact) mass is 216 g/mol. The highest BCUT2D eigenvalue weighted by Gasteiger charge is 2.16. The molecule has 76 valence electrons. The highest BCUT2D eigenvalue weighted by Crippen LogP contribution is 2.20. The summed E-state index contributed by atoms with van der Waals surface area (Å²) in [7, 11) is 1.41.